The van der Waals surface area contributed by atoms with Crippen molar-refractivity contribution in [2.75, 3.05) is 37.6 Å². The van der Waals surface area contributed by atoms with E-state index in [-0.39, 0.29) is 0 Å². The molecule has 0 saturated carbocycles. The Bertz CT molecular complexity index is 782. The zero-order chi connectivity index (χ0) is 23.6. The number of hydrogen-bond donors (Lipinski definition) is 0. The summed E-state index contributed by atoms with van der Waals surface area (Å²) in [5.74, 6) is 0.804. The second kappa shape index (κ2) is 13.2. The van der Waals surface area contributed by atoms with E-state index in [9.17, 15) is 0 Å². The number of nitrogens with zero attached hydrogens (tertiary/aromatic N) is 3. The molecule has 0 amide bonds. The first-order valence-corrected chi connectivity index (χ1v) is 13.4. The largest absolute Gasteiger partial charge is 0.372 e. The Hall–Kier alpha value is -1.84. The SMILES string of the molecule is CCC(CC)CN(Cc1ccc(C)cc1)C1CCN(Cc2ccc(N(CC)CC)cc2)CC1. The molecule has 0 N–H and O–H groups in total. The molecule has 1 fully saturated rings. The van der Waals surface area contributed by atoms with Gasteiger partial charge in [0.25, 0.3) is 0 Å². The average molecular weight is 450 g/mol. The van der Waals surface area contributed by atoms with Gasteiger partial charge in [0.05, 0.1) is 0 Å². The minimum atomic E-state index is 0.702. The first kappa shape index (κ1) is 25.8. The molecule has 1 heterocycles. The Morgan fingerprint density at radius 3 is 1.94 bits per heavy atom. The Morgan fingerprint density at radius 2 is 1.39 bits per heavy atom. The molecule has 0 spiro atoms. The van der Waals surface area contributed by atoms with Crippen molar-refractivity contribution in [1.29, 1.82) is 0 Å². The maximum absolute atomic E-state index is 2.80. The summed E-state index contributed by atoms with van der Waals surface area (Å²) in [4.78, 5) is 7.88. The summed E-state index contributed by atoms with van der Waals surface area (Å²) in [5.41, 5.74) is 5.60. The van der Waals surface area contributed by atoms with Gasteiger partial charge in [0, 0.05) is 44.5 Å². The van der Waals surface area contributed by atoms with Crippen LogP contribution in [0.4, 0.5) is 5.69 Å². The predicted molar refractivity (Wildman–Crippen MR) is 144 cm³/mol. The van der Waals surface area contributed by atoms with E-state index in [0.29, 0.717) is 6.04 Å². The van der Waals surface area contributed by atoms with Gasteiger partial charge in [-0.3, -0.25) is 9.80 Å². The minimum Gasteiger partial charge on any atom is -0.372 e. The zero-order valence-electron chi connectivity index (χ0n) is 21.9. The van der Waals surface area contributed by atoms with Crippen molar-refractivity contribution in [1.82, 2.24) is 9.80 Å². The Labute approximate surface area is 203 Å². The Morgan fingerprint density at radius 1 is 0.818 bits per heavy atom. The van der Waals surface area contributed by atoms with E-state index >= 15 is 0 Å². The van der Waals surface area contributed by atoms with Crippen LogP contribution in [0.15, 0.2) is 48.5 Å². The number of benzene rings is 2. The Kier molecular flexibility index (Phi) is 10.3. The van der Waals surface area contributed by atoms with Crippen LogP contribution in [0.25, 0.3) is 0 Å². The van der Waals surface area contributed by atoms with Crippen LogP contribution in [0.5, 0.6) is 0 Å². The summed E-state index contributed by atoms with van der Waals surface area (Å²) in [5, 5.41) is 0. The number of rotatable bonds is 12. The zero-order valence-corrected chi connectivity index (χ0v) is 21.9. The van der Waals surface area contributed by atoms with Crippen LogP contribution >= 0.6 is 0 Å². The lowest BCUT2D eigenvalue weighted by molar-refractivity contribution is 0.0841. The highest BCUT2D eigenvalue weighted by atomic mass is 15.2. The third-order valence-electron chi connectivity index (χ3n) is 7.70. The summed E-state index contributed by atoms with van der Waals surface area (Å²) in [6, 6.07) is 19.1. The van der Waals surface area contributed by atoms with Gasteiger partial charge in [0.2, 0.25) is 0 Å². The molecule has 1 saturated heterocycles. The summed E-state index contributed by atoms with van der Waals surface area (Å²) < 4.78 is 0. The molecule has 0 unspecified atom stereocenters. The standard InChI is InChI=1S/C30H47N3/c1-6-26(7-2)23-33(24-28-12-10-25(5)11-13-28)30-18-20-31(21-19-30)22-27-14-16-29(17-15-27)32(8-3)9-4/h10-17,26,30H,6-9,18-24H2,1-5H3. The van der Waals surface area contributed by atoms with Gasteiger partial charge in [0.1, 0.15) is 0 Å². The number of hydrogen-bond acceptors (Lipinski definition) is 3. The molecule has 182 valence electrons. The molecule has 0 atom stereocenters. The van der Waals surface area contributed by atoms with Crippen molar-refractivity contribution in [3.8, 4) is 0 Å². The highest BCUT2D eigenvalue weighted by Gasteiger charge is 2.26. The summed E-state index contributed by atoms with van der Waals surface area (Å²) >= 11 is 0. The lowest BCUT2D eigenvalue weighted by Gasteiger charge is -2.40. The van der Waals surface area contributed by atoms with Gasteiger partial charge in [-0.05, 0) is 75.9 Å². The maximum atomic E-state index is 2.80. The van der Waals surface area contributed by atoms with Gasteiger partial charge >= 0.3 is 0 Å². The second-order valence-electron chi connectivity index (χ2n) is 9.94. The van der Waals surface area contributed by atoms with Gasteiger partial charge in [-0.1, -0.05) is 68.7 Å². The van der Waals surface area contributed by atoms with Crippen LogP contribution in [-0.2, 0) is 13.1 Å². The molecule has 0 aromatic heterocycles. The number of likely N-dealkylation sites (tertiary alicyclic amines) is 1. The van der Waals surface area contributed by atoms with E-state index in [1.165, 1.54) is 67.7 Å². The Balaban J connectivity index is 1.57. The lowest BCUT2D eigenvalue weighted by Crippen LogP contribution is -2.45. The molecule has 33 heavy (non-hydrogen) atoms. The predicted octanol–water partition coefficient (Wildman–Crippen LogP) is 6.74. The number of aryl methyl sites for hydroxylation is 1. The van der Waals surface area contributed by atoms with E-state index in [2.05, 4.69) is 97.8 Å². The quantitative estimate of drug-likeness (QED) is 0.355. The average Bonchev–Trinajstić information content (AvgIpc) is 2.85. The van der Waals surface area contributed by atoms with E-state index in [1.807, 2.05) is 0 Å². The summed E-state index contributed by atoms with van der Waals surface area (Å²) in [6.07, 6.45) is 5.12. The highest BCUT2D eigenvalue weighted by Crippen LogP contribution is 2.24. The van der Waals surface area contributed by atoms with Gasteiger partial charge in [0.15, 0.2) is 0 Å². The smallest absolute Gasteiger partial charge is 0.0366 e. The fraction of sp³-hybridized carbons (Fsp3) is 0.600. The van der Waals surface area contributed by atoms with E-state index in [1.54, 1.807) is 0 Å². The second-order valence-corrected chi connectivity index (χ2v) is 9.94. The van der Waals surface area contributed by atoms with Gasteiger partial charge < -0.3 is 4.90 Å². The van der Waals surface area contributed by atoms with E-state index < -0.39 is 0 Å². The van der Waals surface area contributed by atoms with Crippen molar-refractivity contribution in [2.45, 2.75) is 79.4 Å². The topological polar surface area (TPSA) is 9.72 Å². The lowest BCUT2D eigenvalue weighted by atomic mass is 9.97. The molecule has 0 bridgehead atoms. The molecule has 1 aliphatic heterocycles. The third-order valence-corrected chi connectivity index (χ3v) is 7.70. The number of piperidine rings is 1. The molecule has 3 rings (SSSR count). The van der Waals surface area contributed by atoms with Crippen LogP contribution in [0.3, 0.4) is 0 Å². The molecule has 1 aliphatic rings. The normalized spacial score (nSPS) is 15.5. The van der Waals surface area contributed by atoms with Crippen molar-refractivity contribution in [3.63, 3.8) is 0 Å². The van der Waals surface area contributed by atoms with Crippen molar-refractivity contribution >= 4 is 5.69 Å². The molecule has 0 aliphatic carbocycles. The highest BCUT2D eigenvalue weighted by molar-refractivity contribution is 5.47. The molecule has 3 nitrogen and oxygen atoms in total. The fourth-order valence-electron chi connectivity index (χ4n) is 5.25. The first-order chi connectivity index (χ1) is 16.1. The van der Waals surface area contributed by atoms with Crippen molar-refractivity contribution in [2.24, 2.45) is 5.92 Å². The van der Waals surface area contributed by atoms with Gasteiger partial charge in [-0.2, -0.15) is 0 Å². The van der Waals surface area contributed by atoms with Crippen LogP contribution in [0, 0.1) is 12.8 Å². The molecule has 2 aromatic rings. The maximum Gasteiger partial charge on any atom is 0.0366 e. The van der Waals surface area contributed by atoms with Crippen LogP contribution < -0.4 is 4.90 Å². The van der Waals surface area contributed by atoms with E-state index in [0.717, 1.165) is 32.1 Å². The first-order valence-electron chi connectivity index (χ1n) is 13.4. The van der Waals surface area contributed by atoms with E-state index in [4.69, 9.17) is 0 Å². The molecular formula is C30H47N3. The van der Waals surface area contributed by atoms with Gasteiger partial charge in [-0.25, -0.2) is 0 Å². The summed E-state index contributed by atoms with van der Waals surface area (Å²) in [6.45, 7) is 19.3. The van der Waals surface area contributed by atoms with Gasteiger partial charge in [-0.15, -0.1) is 0 Å². The van der Waals surface area contributed by atoms with Crippen molar-refractivity contribution < 1.29 is 0 Å². The number of anilines is 1. The molecule has 3 heteroatoms. The fourth-order valence-corrected chi connectivity index (χ4v) is 5.25. The van der Waals surface area contributed by atoms with Crippen LogP contribution in [0.2, 0.25) is 0 Å². The monoisotopic (exact) mass is 449 g/mol. The van der Waals surface area contributed by atoms with Crippen molar-refractivity contribution in [3.05, 3.63) is 65.2 Å². The summed E-state index contributed by atoms with van der Waals surface area (Å²) in [7, 11) is 0. The molecular weight excluding hydrogens is 402 g/mol. The third kappa shape index (κ3) is 7.58. The minimum absolute atomic E-state index is 0.702. The molecule has 0 radical (unpaired) electrons. The van der Waals surface area contributed by atoms with Crippen LogP contribution in [0.1, 0.15) is 70.1 Å². The molecule has 2 aromatic carbocycles. The van der Waals surface area contributed by atoms with Crippen LogP contribution in [-0.4, -0.2) is 48.6 Å².